The number of nitrogens with one attached hydrogen (secondary N) is 1. The second-order valence-corrected chi connectivity index (χ2v) is 7.95. The Kier molecular flexibility index (Phi) is 6.97. The molecule has 124 valence electrons. The van der Waals surface area contributed by atoms with Crippen LogP contribution in [0.15, 0.2) is 0 Å². The van der Waals surface area contributed by atoms with Gasteiger partial charge in [-0.25, -0.2) is 0 Å². The minimum Gasteiger partial charge on any atom is -0.314 e. The van der Waals surface area contributed by atoms with Gasteiger partial charge in [0.2, 0.25) is 0 Å². The van der Waals surface area contributed by atoms with Gasteiger partial charge in [0.15, 0.2) is 0 Å². The molecule has 2 rings (SSSR count). The van der Waals surface area contributed by atoms with E-state index in [9.17, 15) is 0 Å². The first-order valence-corrected chi connectivity index (χ1v) is 9.24. The maximum absolute atomic E-state index is 3.73. The molecule has 2 saturated heterocycles. The highest BCUT2D eigenvalue weighted by Crippen LogP contribution is 2.21. The van der Waals surface area contributed by atoms with Gasteiger partial charge in [-0.1, -0.05) is 13.8 Å². The van der Waals surface area contributed by atoms with Gasteiger partial charge in [-0.2, -0.15) is 0 Å². The summed E-state index contributed by atoms with van der Waals surface area (Å²) in [6, 6.07) is 1.50. The van der Waals surface area contributed by atoms with Crippen LogP contribution < -0.4 is 5.32 Å². The van der Waals surface area contributed by atoms with Gasteiger partial charge in [0, 0.05) is 18.6 Å². The summed E-state index contributed by atoms with van der Waals surface area (Å²) < 4.78 is 0. The fourth-order valence-electron chi connectivity index (χ4n) is 3.74. The molecule has 0 saturated carbocycles. The summed E-state index contributed by atoms with van der Waals surface area (Å²) in [5.41, 5.74) is 0. The molecule has 3 nitrogen and oxygen atoms in total. The molecule has 0 atom stereocenters. The normalized spacial score (nSPS) is 24.3. The zero-order valence-electron chi connectivity index (χ0n) is 14.8. The van der Waals surface area contributed by atoms with Crippen molar-refractivity contribution in [3.63, 3.8) is 0 Å². The summed E-state index contributed by atoms with van der Waals surface area (Å²) in [6.07, 6.45) is 5.50. The van der Waals surface area contributed by atoms with Crippen LogP contribution in [-0.2, 0) is 0 Å². The van der Waals surface area contributed by atoms with Crippen LogP contribution in [0.1, 0.15) is 53.4 Å². The number of piperidine rings is 2. The second-order valence-electron chi connectivity index (χ2n) is 7.95. The molecule has 0 unspecified atom stereocenters. The maximum atomic E-state index is 3.73. The zero-order chi connectivity index (χ0) is 15.2. The summed E-state index contributed by atoms with van der Waals surface area (Å²) in [5, 5.41) is 3.73. The molecule has 2 heterocycles. The Hall–Kier alpha value is -0.120. The van der Waals surface area contributed by atoms with Crippen LogP contribution in [0.4, 0.5) is 0 Å². The van der Waals surface area contributed by atoms with E-state index in [2.05, 4.69) is 42.8 Å². The second kappa shape index (κ2) is 8.50. The van der Waals surface area contributed by atoms with Crippen molar-refractivity contribution in [2.24, 2.45) is 11.8 Å². The van der Waals surface area contributed by atoms with Crippen molar-refractivity contribution in [3.05, 3.63) is 0 Å². The van der Waals surface area contributed by atoms with Crippen LogP contribution in [0.2, 0.25) is 0 Å². The Bertz CT molecular complexity index is 274. The van der Waals surface area contributed by atoms with E-state index >= 15 is 0 Å². The monoisotopic (exact) mass is 295 g/mol. The minimum absolute atomic E-state index is 0.730. The van der Waals surface area contributed by atoms with Crippen LogP contribution >= 0.6 is 0 Å². The summed E-state index contributed by atoms with van der Waals surface area (Å²) in [4.78, 5) is 5.36. The standard InChI is InChI=1S/C18H37N3/c1-15(2)13-19-18-7-9-20(10-8-18)14-17-5-11-21(12-6-17)16(3)4/h15-19H,5-14H2,1-4H3. The molecule has 0 spiro atoms. The quantitative estimate of drug-likeness (QED) is 0.813. The largest absolute Gasteiger partial charge is 0.314 e. The van der Waals surface area contributed by atoms with Crippen molar-refractivity contribution in [1.82, 2.24) is 15.1 Å². The molecule has 0 aromatic rings. The number of rotatable bonds is 6. The van der Waals surface area contributed by atoms with Crippen molar-refractivity contribution in [2.45, 2.75) is 65.5 Å². The average molecular weight is 296 g/mol. The van der Waals surface area contributed by atoms with Gasteiger partial charge in [0.1, 0.15) is 0 Å². The van der Waals surface area contributed by atoms with Crippen molar-refractivity contribution in [2.75, 3.05) is 39.3 Å². The van der Waals surface area contributed by atoms with Gasteiger partial charge in [-0.05, 0) is 84.1 Å². The van der Waals surface area contributed by atoms with Gasteiger partial charge in [-0.15, -0.1) is 0 Å². The Balaban J connectivity index is 1.61. The molecule has 2 aliphatic rings. The van der Waals surface area contributed by atoms with Gasteiger partial charge in [-0.3, -0.25) is 0 Å². The molecule has 0 aromatic carbocycles. The predicted octanol–water partition coefficient (Wildman–Crippen LogP) is 2.82. The van der Waals surface area contributed by atoms with Gasteiger partial charge >= 0.3 is 0 Å². The first-order valence-electron chi connectivity index (χ1n) is 9.24. The van der Waals surface area contributed by atoms with E-state index in [1.165, 1.54) is 65.0 Å². The first-order chi connectivity index (χ1) is 10.0. The van der Waals surface area contributed by atoms with E-state index in [4.69, 9.17) is 0 Å². The summed E-state index contributed by atoms with van der Waals surface area (Å²) in [6.45, 7) is 17.0. The molecule has 0 aliphatic carbocycles. The number of likely N-dealkylation sites (tertiary alicyclic amines) is 2. The topological polar surface area (TPSA) is 18.5 Å². The van der Waals surface area contributed by atoms with Crippen molar-refractivity contribution >= 4 is 0 Å². The van der Waals surface area contributed by atoms with Gasteiger partial charge < -0.3 is 15.1 Å². The molecule has 2 fully saturated rings. The van der Waals surface area contributed by atoms with E-state index in [-0.39, 0.29) is 0 Å². The van der Waals surface area contributed by atoms with Crippen molar-refractivity contribution in [1.29, 1.82) is 0 Å². The lowest BCUT2D eigenvalue weighted by atomic mass is 9.94. The molecule has 21 heavy (non-hydrogen) atoms. The highest BCUT2D eigenvalue weighted by molar-refractivity contribution is 4.81. The molecule has 0 bridgehead atoms. The van der Waals surface area contributed by atoms with E-state index in [1.807, 2.05) is 0 Å². The molecule has 0 amide bonds. The van der Waals surface area contributed by atoms with Gasteiger partial charge in [0.25, 0.3) is 0 Å². The molecule has 1 N–H and O–H groups in total. The van der Waals surface area contributed by atoms with Crippen LogP contribution in [-0.4, -0.2) is 61.2 Å². The van der Waals surface area contributed by atoms with Crippen LogP contribution in [0.3, 0.4) is 0 Å². The highest BCUT2D eigenvalue weighted by Gasteiger charge is 2.25. The molecular weight excluding hydrogens is 258 g/mol. The van der Waals surface area contributed by atoms with Crippen molar-refractivity contribution in [3.8, 4) is 0 Å². The summed E-state index contributed by atoms with van der Waals surface area (Å²) in [7, 11) is 0. The lowest BCUT2D eigenvalue weighted by Crippen LogP contribution is -2.46. The fraction of sp³-hybridized carbons (Fsp3) is 1.00. The van der Waals surface area contributed by atoms with Gasteiger partial charge in [0.05, 0.1) is 0 Å². The van der Waals surface area contributed by atoms with Crippen LogP contribution in [0.25, 0.3) is 0 Å². The Morgan fingerprint density at radius 3 is 2.05 bits per heavy atom. The number of hydrogen-bond donors (Lipinski definition) is 1. The first kappa shape index (κ1) is 17.2. The Labute approximate surface area is 132 Å². The fourth-order valence-corrected chi connectivity index (χ4v) is 3.74. The SMILES string of the molecule is CC(C)CNC1CCN(CC2CCN(C(C)C)CC2)CC1. The molecule has 3 heteroatoms. The smallest absolute Gasteiger partial charge is 0.00915 e. The third-order valence-corrected chi connectivity index (χ3v) is 5.30. The van der Waals surface area contributed by atoms with E-state index in [0.29, 0.717) is 0 Å². The van der Waals surface area contributed by atoms with Crippen LogP contribution in [0.5, 0.6) is 0 Å². The van der Waals surface area contributed by atoms with E-state index < -0.39 is 0 Å². The summed E-state index contributed by atoms with van der Waals surface area (Å²) in [5.74, 6) is 1.72. The Morgan fingerprint density at radius 1 is 0.905 bits per heavy atom. The molecule has 0 radical (unpaired) electrons. The molecule has 2 aliphatic heterocycles. The predicted molar refractivity (Wildman–Crippen MR) is 91.7 cm³/mol. The molecule has 0 aromatic heterocycles. The summed E-state index contributed by atoms with van der Waals surface area (Å²) >= 11 is 0. The average Bonchev–Trinajstić information content (AvgIpc) is 2.47. The minimum atomic E-state index is 0.730. The highest BCUT2D eigenvalue weighted by atomic mass is 15.2. The molecular formula is C18H37N3. The Morgan fingerprint density at radius 2 is 1.52 bits per heavy atom. The maximum Gasteiger partial charge on any atom is 0.00915 e. The lowest BCUT2D eigenvalue weighted by molar-refractivity contribution is 0.108. The third kappa shape index (κ3) is 5.88. The third-order valence-electron chi connectivity index (χ3n) is 5.30. The number of nitrogens with zero attached hydrogens (tertiary/aromatic N) is 2. The number of hydrogen-bond acceptors (Lipinski definition) is 3. The zero-order valence-corrected chi connectivity index (χ0v) is 14.8. The van der Waals surface area contributed by atoms with E-state index in [0.717, 1.165) is 23.9 Å². The lowest BCUT2D eigenvalue weighted by Gasteiger charge is -2.39. The van der Waals surface area contributed by atoms with Crippen LogP contribution in [0, 0.1) is 11.8 Å². The van der Waals surface area contributed by atoms with E-state index in [1.54, 1.807) is 0 Å². The van der Waals surface area contributed by atoms with Crippen molar-refractivity contribution < 1.29 is 0 Å².